The molecule has 0 aliphatic carbocycles. The molecule has 120 valence electrons. The van der Waals surface area contributed by atoms with Crippen LogP contribution in [0.3, 0.4) is 0 Å². The van der Waals surface area contributed by atoms with Crippen LogP contribution in [0.1, 0.15) is 26.3 Å². The molecule has 1 heterocycles. The smallest absolute Gasteiger partial charge is 0.428 e. The molecule has 0 radical (unpaired) electrons. The molecule has 2 aromatic rings. The Morgan fingerprint density at radius 2 is 1.83 bits per heavy atom. The van der Waals surface area contributed by atoms with Crippen LogP contribution in [0, 0.1) is 6.92 Å². The summed E-state index contributed by atoms with van der Waals surface area (Å²) in [6.45, 7) is 7.10. The van der Waals surface area contributed by atoms with Gasteiger partial charge in [0.2, 0.25) is 5.43 Å². The lowest BCUT2D eigenvalue weighted by atomic mass is 10.1. The van der Waals surface area contributed by atoms with E-state index in [0.717, 1.165) is 16.7 Å². The Morgan fingerprint density at radius 3 is 2.48 bits per heavy atom. The fourth-order valence-electron chi connectivity index (χ4n) is 1.91. The molecule has 0 N–H and O–H groups in total. The van der Waals surface area contributed by atoms with Crippen molar-refractivity contribution in [3.63, 3.8) is 0 Å². The summed E-state index contributed by atoms with van der Waals surface area (Å²) in [6.07, 6.45) is 2.52. The summed E-state index contributed by atoms with van der Waals surface area (Å²) in [5, 5.41) is 0. The van der Waals surface area contributed by atoms with Crippen molar-refractivity contribution in [1.29, 1.82) is 0 Å². The van der Waals surface area contributed by atoms with Crippen molar-refractivity contribution in [1.82, 2.24) is 4.98 Å². The Labute approximate surface area is 134 Å². The molecule has 0 aliphatic heterocycles. The summed E-state index contributed by atoms with van der Waals surface area (Å²) in [5.74, 6) is -0.0826. The maximum absolute atomic E-state index is 12.0. The topological polar surface area (TPSA) is 65.5 Å². The molecule has 0 spiro atoms. The third-order valence-electron chi connectivity index (χ3n) is 2.84. The Kier molecular flexibility index (Phi) is 4.79. The van der Waals surface area contributed by atoms with Crippen LogP contribution >= 0.6 is 0 Å². The second kappa shape index (κ2) is 6.60. The minimum absolute atomic E-state index is 0.0826. The summed E-state index contributed by atoms with van der Waals surface area (Å²) in [6, 6.07) is 8.17. The van der Waals surface area contributed by atoms with Crippen LogP contribution in [0.2, 0.25) is 0 Å². The van der Waals surface area contributed by atoms with Crippen LogP contribution in [0.5, 0.6) is 5.75 Å². The summed E-state index contributed by atoms with van der Waals surface area (Å²) in [4.78, 5) is 27.9. The molecular formula is C18H19NO4. The van der Waals surface area contributed by atoms with Gasteiger partial charge in [0.1, 0.15) is 5.60 Å². The van der Waals surface area contributed by atoms with Crippen molar-refractivity contribution in [2.75, 3.05) is 0 Å². The van der Waals surface area contributed by atoms with Crippen molar-refractivity contribution < 1.29 is 14.3 Å². The zero-order valence-electron chi connectivity index (χ0n) is 13.6. The number of aromatic nitrogens is 1. The summed E-state index contributed by atoms with van der Waals surface area (Å²) >= 11 is 0. The monoisotopic (exact) mass is 313 g/mol. The molecule has 0 unspecified atom stereocenters. The van der Waals surface area contributed by atoms with Gasteiger partial charge in [0.05, 0.1) is 0 Å². The van der Waals surface area contributed by atoms with Gasteiger partial charge in [-0.25, -0.2) is 4.79 Å². The molecule has 2 rings (SSSR count). The predicted molar refractivity (Wildman–Crippen MR) is 87.5 cm³/mol. The van der Waals surface area contributed by atoms with Crippen LogP contribution in [0.15, 0.2) is 47.5 Å². The highest BCUT2D eigenvalue weighted by Gasteiger charge is 2.19. The molecule has 0 saturated heterocycles. The Balaban J connectivity index is 2.37. The van der Waals surface area contributed by atoms with E-state index in [1.54, 1.807) is 45.3 Å². The lowest BCUT2D eigenvalue weighted by molar-refractivity contribution is 0.0204. The van der Waals surface area contributed by atoms with E-state index in [1.165, 1.54) is 12.1 Å². The number of nitrogens with zero attached hydrogens (tertiary/aromatic N) is 1. The lowest BCUT2D eigenvalue weighted by Crippen LogP contribution is -2.26. The number of hydrogen-bond acceptors (Lipinski definition) is 5. The average molecular weight is 313 g/mol. The van der Waals surface area contributed by atoms with Gasteiger partial charge in [0.25, 0.3) is 0 Å². The van der Waals surface area contributed by atoms with E-state index in [1.807, 2.05) is 13.0 Å². The van der Waals surface area contributed by atoms with E-state index in [0.29, 0.717) is 0 Å². The van der Waals surface area contributed by atoms with Crippen LogP contribution < -0.4 is 10.2 Å². The predicted octanol–water partition coefficient (Wildman–Crippen LogP) is 3.73. The quantitative estimate of drug-likeness (QED) is 0.790. The molecule has 0 aliphatic rings. The van der Waals surface area contributed by atoms with Crippen molar-refractivity contribution in [2.24, 2.45) is 0 Å². The molecule has 5 heteroatoms. The van der Waals surface area contributed by atoms with E-state index >= 15 is 0 Å². The molecule has 1 aromatic heterocycles. The van der Waals surface area contributed by atoms with E-state index < -0.39 is 17.2 Å². The zero-order chi connectivity index (χ0) is 17.0. The van der Waals surface area contributed by atoms with Crippen molar-refractivity contribution in [2.45, 2.75) is 33.3 Å². The van der Waals surface area contributed by atoms with Gasteiger partial charge in [-0.2, -0.15) is 0 Å². The Hall–Kier alpha value is -2.69. The highest BCUT2D eigenvalue weighted by molar-refractivity contribution is 5.68. The van der Waals surface area contributed by atoms with Gasteiger partial charge in [0.15, 0.2) is 5.75 Å². The SMILES string of the molecule is Cc1cncc(-c2cccc(=O)c(OC(=O)OC(C)(C)C)c2)c1. The fraction of sp³-hybridized carbons (Fsp3) is 0.278. The van der Waals surface area contributed by atoms with Crippen molar-refractivity contribution >= 4 is 6.16 Å². The zero-order valence-corrected chi connectivity index (χ0v) is 13.6. The first-order valence-electron chi connectivity index (χ1n) is 7.22. The first-order valence-corrected chi connectivity index (χ1v) is 7.22. The standard InChI is InChI=1S/C18H19NO4/c1-12-8-14(11-19-10-12)13-6-5-7-15(20)16(9-13)22-17(21)23-18(2,3)4/h5-11H,1-4H3. The van der Waals surface area contributed by atoms with Gasteiger partial charge < -0.3 is 9.47 Å². The van der Waals surface area contributed by atoms with Crippen LogP contribution in [0.25, 0.3) is 11.1 Å². The van der Waals surface area contributed by atoms with E-state index in [9.17, 15) is 9.59 Å². The molecule has 0 fully saturated rings. The first kappa shape index (κ1) is 16.7. The van der Waals surface area contributed by atoms with Crippen LogP contribution in [-0.4, -0.2) is 16.7 Å². The molecule has 5 nitrogen and oxygen atoms in total. The van der Waals surface area contributed by atoms with Gasteiger partial charge in [-0.1, -0.05) is 12.1 Å². The van der Waals surface area contributed by atoms with Gasteiger partial charge >= 0.3 is 6.16 Å². The number of ether oxygens (including phenoxy) is 2. The van der Waals surface area contributed by atoms with E-state index in [2.05, 4.69) is 4.98 Å². The van der Waals surface area contributed by atoms with Crippen molar-refractivity contribution in [3.8, 4) is 16.9 Å². The van der Waals surface area contributed by atoms with E-state index in [4.69, 9.17) is 9.47 Å². The molecule has 0 atom stereocenters. The normalized spacial score (nSPS) is 11.0. The molecule has 0 bridgehead atoms. The van der Waals surface area contributed by atoms with Gasteiger partial charge in [0, 0.05) is 18.0 Å². The van der Waals surface area contributed by atoms with Gasteiger partial charge in [-0.05, 0) is 57.0 Å². The third-order valence-corrected chi connectivity index (χ3v) is 2.84. The summed E-state index contributed by atoms with van der Waals surface area (Å²) in [7, 11) is 0. The second-order valence-corrected chi connectivity index (χ2v) is 6.17. The van der Waals surface area contributed by atoms with Crippen molar-refractivity contribution in [3.05, 3.63) is 58.5 Å². The third kappa shape index (κ3) is 4.92. The van der Waals surface area contributed by atoms with Gasteiger partial charge in [-0.15, -0.1) is 0 Å². The molecule has 23 heavy (non-hydrogen) atoms. The maximum atomic E-state index is 12.0. The highest BCUT2D eigenvalue weighted by atomic mass is 16.7. The van der Waals surface area contributed by atoms with E-state index in [-0.39, 0.29) is 5.75 Å². The Bertz CT molecular complexity index is 778. The molecular weight excluding hydrogens is 294 g/mol. The minimum Gasteiger partial charge on any atom is -0.428 e. The first-order chi connectivity index (χ1) is 10.7. The van der Waals surface area contributed by atoms with Crippen LogP contribution in [-0.2, 0) is 4.74 Å². The maximum Gasteiger partial charge on any atom is 0.514 e. The molecule has 1 aromatic carbocycles. The molecule has 0 saturated carbocycles. The number of aryl methyl sites for hydroxylation is 1. The highest BCUT2D eigenvalue weighted by Crippen LogP contribution is 2.21. The number of rotatable bonds is 2. The molecule has 0 amide bonds. The van der Waals surface area contributed by atoms with Crippen LogP contribution in [0.4, 0.5) is 4.79 Å². The number of carbonyl (C=O) groups excluding carboxylic acids is 1. The lowest BCUT2D eigenvalue weighted by Gasteiger charge is -2.18. The summed E-state index contributed by atoms with van der Waals surface area (Å²) < 4.78 is 10.2. The second-order valence-electron chi connectivity index (χ2n) is 6.17. The summed E-state index contributed by atoms with van der Waals surface area (Å²) in [5.41, 5.74) is 1.45. The Morgan fingerprint density at radius 1 is 1.09 bits per heavy atom. The number of carbonyl (C=O) groups is 1. The largest absolute Gasteiger partial charge is 0.514 e. The fourth-order valence-corrected chi connectivity index (χ4v) is 1.91. The minimum atomic E-state index is -0.908. The van der Waals surface area contributed by atoms with Gasteiger partial charge in [-0.3, -0.25) is 9.78 Å². The number of hydrogen-bond donors (Lipinski definition) is 0. The average Bonchev–Trinajstić information content (AvgIpc) is 2.59. The number of pyridine rings is 1.